The molecule has 5 heteroatoms. The van der Waals surface area contributed by atoms with Gasteiger partial charge < -0.3 is 11.1 Å². The van der Waals surface area contributed by atoms with Gasteiger partial charge in [-0.3, -0.25) is 0 Å². The highest BCUT2D eigenvalue weighted by molar-refractivity contribution is 5.35. The zero-order chi connectivity index (χ0) is 11.8. The summed E-state index contributed by atoms with van der Waals surface area (Å²) in [5.74, 6) is 0. The first-order valence-electron chi connectivity index (χ1n) is 5.12. The highest BCUT2D eigenvalue weighted by Gasteiger charge is 2.35. The zero-order valence-corrected chi connectivity index (χ0v) is 8.59. The molecule has 0 aliphatic carbocycles. The Morgan fingerprint density at radius 3 is 2.50 bits per heavy atom. The molecule has 1 aliphatic rings. The Kier molecular flexibility index (Phi) is 2.90. The number of benzene rings is 1. The van der Waals surface area contributed by atoms with Crippen molar-refractivity contribution < 1.29 is 13.2 Å². The number of fused-ring (bicyclic) bond motifs is 1. The number of hydrogen-bond acceptors (Lipinski definition) is 2. The van der Waals surface area contributed by atoms with E-state index in [-0.39, 0.29) is 6.04 Å². The Bertz CT molecular complexity index is 376. The molecule has 1 aromatic rings. The van der Waals surface area contributed by atoms with Gasteiger partial charge in [0.2, 0.25) is 0 Å². The van der Waals surface area contributed by atoms with Gasteiger partial charge in [0.25, 0.3) is 0 Å². The monoisotopic (exact) mass is 230 g/mol. The molecule has 1 aromatic carbocycles. The van der Waals surface area contributed by atoms with Crippen LogP contribution in [-0.4, -0.2) is 12.7 Å². The summed E-state index contributed by atoms with van der Waals surface area (Å²) in [5, 5.41) is 2.84. The second kappa shape index (κ2) is 4.07. The van der Waals surface area contributed by atoms with E-state index >= 15 is 0 Å². The van der Waals surface area contributed by atoms with E-state index < -0.39 is 18.6 Å². The predicted molar refractivity (Wildman–Crippen MR) is 54.8 cm³/mol. The summed E-state index contributed by atoms with van der Waals surface area (Å²) in [6.45, 7) is 0.387. The van der Waals surface area contributed by atoms with Gasteiger partial charge in [-0.25, -0.2) is 0 Å². The van der Waals surface area contributed by atoms with E-state index in [9.17, 15) is 13.2 Å². The largest absolute Gasteiger partial charge is 0.390 e. The van der Waals surface area contributed by atoms with Gasteiger partial charge in [0, 0.05) is 18.6 Å². The summed E-state index contributed by atoms with van der Waals surface area (Å²) in [6, 6.07) is 6.15. The van der Waals surface area contributed by atoms with Crippen LogP contribution in [0.15, 0.2) is 24.3 Å². The van der Waals surface area contributed by atoms with E-state index in [1.165, 1.54) is 0 Å². The standard InChI is InChI=1S/C11H13F3N2/c12-11(13,14)5-10-8-4-2-1-3-7(8)9(15)6-16-10/h1-4,9-10,16H,5-6,15H2. The van der Waals surface area contributed by atoms with Crippen molar-refractivity contribution >= 4 is 0 Å². The predicted octanol–water partition coefficient (Wildman–Crippen LogP) is 2.28. The fourth-order valence-corrected chi connectivity index (χ4v) is 2.07. The number of hydrogen-bond donors (Lipinski definition) is 2. The van der Waals surface area contributed by atoms with Crippen molar-refractivity contribution in [2.24, 2.45) is 5.73 Å². The molecule has 0 aromatic heterocycles. The quantitative estimate of drug-likeness (QED) is 0.776. The van der Waals surface area contributed by atoms with E-state index in [0.717, 1.165) is 5.56 Å². The van der Waals surface area contributed by atoms with Crippen molar-refractivity contribution in [3.8, 4) is 0 Å². The molecule has 2 nitrogen and oxygen atoms in total. The summed E-state index contributed by atoms with van der Waals surface area (Å²) in [7, 11) is 0. The Hall–Kier alpha value is -1.07. The van der Waals surface area contributed by atoms with Gasteiger partial charge in [0.15, 0.2) is 0 Å². The first-order valence-corrected chi connectivity index (χ1v) is 5.12. The van der Waals surface area contributed by atoms with E-state index in [1.807, 2.05) is 0 Å². The number of rotatable bonds is 1. The first-order chi connectivity index (χ1) is 7.47. The average Bonchev–Trinajstić information content (AvgIpc) is 2.21. The third-order valence-corrected chi connectivity index (χ3v) is 2.79. The fraction of sp³-hybridized carbons (Fsp3) is 0.455. The minimum Gasteiger partial charge on any atom is -0.323 e. The normalized spacial score (nSPS) is 25.2. The lowest BCUT2D eigenvalue weighted by atomic mass is 9.90. The Balaban J connectivity index is 2.28. The van der Waals surface area contributed by atoms with Crippen LogP contribution < -0.4 is 11.1 Å². The van der Waals surface area contributed by atoms with Gasteiger partial charge in [-0.1, -0.05) is 24.3 Å². The molecule has 0 amide bonds. The van der Waals surface area contributed by atoms with Crippen LogP contribution in [0, 0.1) is 0 Å². The maximum absolute atomic E-state index is 12.4. The Labute approximate surface area is 91.6 Å². The SMILES string of the molecule is NC1CNC(CC(F)(F)F)c2ccccc21. The minimum atomic E-state index is -4.16. The highest BCUT2D eigenvalue weighted by atomic mass is 19.4. The summed E-state index contributed by atoms with van der Waals surface area (Å²) in [6.07, 6.45) is -5.01. The van der Waals surface area contributed by atoms with Gasteiger partial charge in [-0.2, -0.15) is 13.2 Å². The molecule has 0 saturated heterocycles. The van der Waals surface area contributed by atoms with E-state index in [2.05, 4.69) is 5.32 Å². The maximum Gasteiger partial charge on any atom is 0.390 e. The summed E-state index contributed by atoms with van der Waals surface area (Å²) >= 11 is 0. The van der Waals surface area contributed by atoms with E-state index in [4.69, 9.17) is 5.73 Å². The Morgan fingerprint density at radius 2 is 1.88 bits per heavy atom. The van der Waals surface area contributed by atoms with Crippen molar-refractivity contribution in [1.29, 1.82) is 0 Å². The van der Waals surface area contributed by atoms with Crippen molar-refractivity contribution in [2.75, 3.05) is 6.54 Å². The number of nitrogens with one attached hydrogen (secondary N) is 1. The second-order valence-electron chi connectivity index (χ2n) is 4.02. The summed E-state index contributed by atoms with van der Waals surface area (Å²) in [4.78, 5) is 0. The van der Waals surface area contributed by atoms with Crippen LogP contribution in [0.2, 0.25) is 0 Å². The zero-order valence-electron chi connectivity index (χ0n) is 8.59. The van der Waals surface area contributed by atoms with E-state index in [1.54, 1.807) is 24.3 Å². The van der Waals surface area contributed by atoms with Crippen LogP contribution in [0.5, 0.6) is 0 Å². The van der Waals surface area contributed by atoms with Crippen LogP contribution >= 0.6 is 0 Å². The number of alkyl halides is 3. The molecule has 0 fully saturated rings. The molecule has 0 saturated carbocycles. The third-order valence-electron chi connectivity index (χ3n) is 2.79. The van der Waals surface area contributed by atoms with Gasteiger partial charge in [-0.05, 0) is 11.1 Å². The van der Waals surface area contributed by atoms with Crippen LogP contribution in [-0.2, 0) is 0 Å². The third kappa shape index (κ3) is 2.36. The van der Waals surface area contributed by atoms with Crippen LogP contribution in [0.3, 0.4) is 0 Å². The Morgan fingerprint density at radius 1 is 1.25 bits per heavy atom. The summed E-state index contributed by atoms with van der Waals surface area (Å²) < 4.78 is 37.1. The topological polar surface area (TPSA) is 38.0 Å². The number of nitrogens with two attached hydrogens (primary N) is 1. The van der Waals surface area contributed by atoms with Crippen molar-refractivity contribution in [1.82, 2.24) is 5.32 Å². The molecule has 2 atom stereocenters. The summed E-state index contributed by atoms with van der Waals surface area (Å²) in [5.41, 5.74) is 7.31. The van der Waals surface area contributed by atoms with Crippen molar-refractivity contribution in [2.45, 2.75) is 24.7 Å². The molecule has 16 heavy (non-hydrogen) atoms. The minimum absolute atomic E-state index is 0.222. The molecule has 0 radical (unpaired) electrons. The van der Waals surface area contributed by atoms with Crippen LogP contribution in [0.4, 0.5) is 13.2 Å². The van der Waals surface area contributed by atoms with Crippen LogP contribution in [0.25, 0.3) is 0 Å². The molecule has 0 spiro atoms. The lowest BCUT2D eigenvalue weighted by molar-refractivity contribution is -0.140. The fourth-order valence-electron chi connectivity index (χ4n) is 2.07. The van der Waals surface area contributed by atoms with Gasteiger partial charge in [0.05, 0.1) is 6.42 Å². The molecule has 1 heterocycles. The number of halogens is 3. The molecule has 2 rings (SSSR count). The van der Waals surface area contributed by atoms with Gasteiger partial charge >= 0.3 is 6.18 Å². The second-order valence-corrected chi connectivity index (χ2v) is 4.02. The van der Waals surface area contributed by atoms with Gasteiger partial charge in [-0.15, -0.1) is 0 Å². The average molecular weight is 230 g/mol. The molecular formula is C11H13F3N2. The first kappa shape index (κ1) is 11.4. The molecule has 2 unspecified atom stereocenters. The lowest BCUT2D eigenvalue weighted by Gasteiger charge is -2.31. The van der Waals surface area contributed by atoms with Gasteiger partial charge in [0.1, 0.15) is 0 Å². The van der Waals surface area contributed by atoms with Crippen molar-refractivity contribution in [3.63, 3.8) is 0 Å². The van der Waals surface area contributed by atoms with E-state index in [0.29, 0.717) is 12.1 Å². The smallest absolute Gasteiger partial charge is 0.323 e. The lowest BCUT2D eigenvalue weighted by Crippen LogP contribution is -2.38. The molecule has 88 valence electrons. The highest BCUT2D eigenvalue weighted by Crippen LogP contribution is 2.34. The van der Waals surface area contributed by atoms with Crippen molar-refractivity contribution in [3.05, 3.63) is 35.4 Å². The molecular weight excluding hydrogens is 217 g/mol. The molecule has 0 bridgehead atoms. The molecule has 3 N–H and O–H groups in total. The van der Waals surface area contributed by atoms with Crippen LogP contribution in [0.1, 0.15) is 29.6 Å². The molecule has 1 aliphatic heterocycles. The maximum atomic E-state index is 12.4.